The first-order valence-electron chi connectivity index (χ1n) is 2.87. The van der Waals surface area contributed by atoms with Gasteiger partial charge in [-0.15, -0.1) is 4.65 Å². The summed E-state index contributed by atoms with van der Waals surface area (Å²) in [7, 11) is 0. The fourth-order valence-corrected chi connectivity index (χ4v) is 0.738. The number of rotatable bonds is 1. The minimum Gasteiger partial charge on any atom is -0.870 e. The van der Waals surface area contributed by atoms with E-state index in [-0.39, 0.29) is 10.1 Å². The Kier molecular flexibility index (Phi) is 2.76. The summed E-state index contributed by atoms with van der Waals surface area (Å²) in [6.07, 6.45) is 1.60. The van der Waals surface area contributed by atoms with E-state index in [9.17, 15) is 5.21 Å². The van der Waals surface area contributed by atoms with Crippen molar-refractivity contribution in [3.63, 3.8) is 0 Å². The van der Waals surface area contributed by atoms with Crippen molar-refractivity contribution in [2.75, 3.05) is 19.6 Å². The van der Waals surface area contributed by atoms with Gasteiger partial charge in [-0.2, -0.15) is 0 Å². The summed E-state index contributed by atoms with van der Waals surface area (Å²) < 4.78 is 0.0278. The Bertz CT molecular complexity index is 116. The van der Waals surface area contributed by atoms with Crippen molar-refractivity contribution in [1.82, 2.24) is 0 Å². The monoisotopic (exact) mass is 132 g/mol. The summed E-state index contributed by atoms with van der Waals surface area (Å²) in [6, 6.07) is 0. The Morgan fingerprint density at radius 2 is 2.44 bits per heavy atom. The lowest BCUT2D eigenvalue weighted by Gasteiger charge is -2.16. The zero-order valence-electron chi connectivity index (χ0n) is 5.49. The third kappa shape index (κ3) is 1.74. The van der Waals surface area contributed by atoms with Gasteiger partial charge in [0.2, 0.25) is 6.34 Å². The number of hydroxylamine groups is 3. The lowest BCUT2D eigenvalue weighted by Crippen LogP contribution is -2.41. The van der Waals surface area contributed by atoms with Gasteiger partial charge in [-0.3, -0.25) is 0 Å². The van der Waals surface area contributed by atoms with Crippen LogP contribution in [0.25, 0.3) is 0 Å². The minimum atomic E-state index is 0. The second kappa shape index (κ2) is 2.91. The molecule has 0 aliphatic carbocycles. The van der Waals surface area contributed by atoms with E-state index in [1.807, 2.05) is 6.92 Å². The molecule has 0 fully saturated rings. The highest BCUT2D eigenvalue weighted by Crippen LogP contribution is 2.01. The van der Waals surface area contributed by atoms with E-state index in [1.165, 1.54) is 0 Å². The highest BCUT2D eigenvalue weighted by molar-refractivity contribution is 5.46. The van der Waals surface area contributed by atoms with Crippen molar-refractivity contribution in [3.05, 3.63) is 0 Å². The molecular weight excluding hydrogens is 120 g/mol. The highest BCUT2D eigenvalue weighted by atomic mass is 16.5. The molecule has 0 spiro atoms. The average Bonchev–Trinajstić information content (AvgIpc) is 2.17. The predicted molar refractivity (Wildman–Crippen MR) is 32.7 cm³/mol. The molecule has 4 heteroatoms. The number of nitrogens with zero attached hydrogens (tertiary/aromatic N) is 2. The molecule has 9 heavy (non-hydrogen) atoms. The number of hydrogen-bond donors (Lipinski definition) is 1. The lowest BCUT2D eigenvalue weighted by atomic mass is 10.5. The first-order valence-corrected chi connectivity index (χ1v) is 2.87. The van der Waals surface area contributed by atoms with E-state index in [2.05, 4.69) is 4.99 Å². The highest BCUT2D eigenvalue weighted by Gasteiger charge is 2.24. The van der Waals surface area contributed by atoms with Crippen LogP contribution in [0.15, 0.2) is 4.99 Å². The van der Waals surface area contributed by atoms with Crippen LogP contribution in [0.5, 0.6) is 0 Å². The number of likely N-dealkylation sites (N-methyl/N-ethyl adjacent to an activating group) is 1. The summed E-state index contributed by atoms with van der Waals surface area (Å²) in [6.45, 7) is 4.18. The van der Waals surface area contributed by atoms with Crippen LogP contribution in [0.3, 0.4) is 0 Å². The molecule has 0 radical (unpaired) electrons. The molecule has 54 valence electrons. The van der Waals surface area contributed by atoms with Crippen LogP contribution in [-0.4, -0.2) is 41.3 Å². The van der Waals surface area contributed by atoms with Crippen LogP contribution in [0.4, 0.5) is 0 Å². The van der Waals surface area contributed by atoms with E-state index in [4.69, 9.17) is 0 Å². The second-order valence-corrected chi connectivity index (χ2v) is 2.05. The van der Waals surface area contributed by atoms with Crippen molar-refractivity contribution in [2.24, 2.45) is 4.99 Å². The summed E-state index contributed by atoms with van der Waals surface area (Å²) in [5.41, 5.74) is 0. The molecule has 0 aromatic carbocycles. The van der Waals surface area contributed by atoms with Crippen LogP contribution in [0.2, 0.25) is 0 Å². The van der Waals surface area contributed by atoms with E-state index < -0.39 is 0 Å². The molecule has 1 unspecified atom stereocenters. The Morgan fingerprint density at radius 1 is 1.78 bits per heavy atom. The van der Waals surface area contributed by atoms with Gasteiger partial charge < -0.3 is 5.48 Å². The van der Waals surface area contributed by atoms with Gasteiger partial charge in [0.15, 0.2) is 0 Å². The smallest absolute Gasteiger partial charge is 0.218 e. The molecule has 0 saturated carbocycles. The summed E-state index contributed by atoms with van der Waals surface area (Å²) in [5.74, 6) is 0. The molecule has 1 aliphatic rings. The van der Waals surface area contributed by atoms with E-state index >= 15 is 0 Å². The van der Waals surface area contributed by atoms with Gasteiger partial charge in [0.25, 0.3) is 0 Å². The van der Waals surface area contributed by atoms with Crippen LogP contribution in [-0.2, 0) is 0 Å². The Hall–Kier alpha value is -0.450. The molecule has 1 aliphatic heterocycles. The molecule has 0 saturated heterocycles. The SMILES string of the molecule is CC[N+]1(O)C=NCC1.[OH-]. The summed E-state index contributed by atoms with van der Waals surface area (Å²) in [5, 5.41) is 9.29. The third-order valence-corrected chi connectivity index (χ3v) is 1.46. The normalized spacial score (nSPS) is 32.2. The van der Waals surface area contributed by atoms with Gasteiger partial charge in [0.1, 0.15) is 13.1 Å². The zero-order valence-corrected chi connectivity index (χ0v) is 5.49. The second-order valence-electron chi connectivity index (χ2n) is 2.05. The molecule has 1 rings (SSSR count). The van der Waals surface area contributed by atoms with E-state index in [1.54, 1.807) is 6.34 Å². The van der Waals surface area contributed by atoms with Gasteiger partial charge in [-0.05, 0) is 6.92 Å². The maximum Gasteiger partial charge on any atom is 0.218 e. The molecule has 0 aromatic heterocycles. The molecule has 1 atom stereocenters. The van der Waals surface area contributed by atoms with Crippen LogP contribution in [0.1, 0.15) is 6.92 Å². The summed E-state index contributed by atoms with van der Waals surface area (Å²) >= 11 is 0. The third-order valence-electron chi connectivity index (χ3n) is 1.46. The molecule has 4 nitrogen and oxygen atoms in total. The summed E-state index contributed by atoms with van der Waals surface area (Å²) in [4.78, 5) is 3.90. The fraction of sp³-hybridized carbons (Fsp3) is 0.800. The quantitative estimate of drug-likeness (QED) is 0.513. The number of aliphatic imine (C=N–C) groups is 1. The van der Waals surface area contributed by atoms with Gasteiger partial charge in [-0.1, -0.05) is 0 Å². The molecule has 1 heterocycles. The molecule has 2 N–H and O–H groups in total. The zero-order chi connectivity index (χ0) is 6.04. The van der Waals surface area contributed by atoms with Gasteiger partial charge >= 0.3 is 0 Å². The van der Waals surface area contributed by atoms with Crippen molar-refractivity contribution in [1.29, 1.82) is 0 Å². The van der Waals surface area contributed by atoms with E-state index in [0.29, 0.717) is 0 Å². The Labute approximate surface area is 54.3 Å². The first kappa shape index (κ1) is 8.55. The van der Waals surface area contributed by atoms with Crippen molar-refractivity contribution in [3.8, 4) is 0 Å². The van der Waals surface area contributed by atoms with Crippen molar-refractivity contribution >= 4 is 6.34 Å². The van der Waals surface area contributed by atoms with Crippen LogP contribution < -0.4 is 0 Å². The Morgan fingerprint density at radius 3 is 2.67 bits per heavy atom. The van der Waals surface area contributed by atoms with Gasteiger partial charge in [-0.25, -0.2) is 10.2 Å². The van der Waals surface area contributed by atoms with Gasteiger partial charge in [0.05, 0.1) is 6.54 Å². The minimum absolute atomic E-state index is 0. The molecule has 0 bridgehead atoms. The van der Waals surface area contributed by atoms with E-state index in [0.717, 1.165) is 19.6 Å². The van der Waals surface area contributed by atoms with Crippen molar-refractivity contribution in [2.45, 2.75) is 6.92 Å². The fourth-order valence-electron chi connectivity index (χ4n) is 0.738. The maximum atomic E-state index is 9.29. The number of hydrogen-bond acceptors (Lipinski definition) is 3. The maximum absolute atomic E-state index is 9.29. The van der Waals surface area contributed by atoms with Crippen LogP contribution >= 0.6 is 0 Å². The van der Waals surface area contributed by atoms with Crippen molar-refractivity contribution < 1.29 is 15.3 Å². The standard InChI is InChI=1S/C5H11N2O.H2O/c1-2-7(8)4-3-6-5-7;/h5,8H,2-4H2,1H3;1H2/q+1;/p-1. The van der Waals surface area contributed by atoms with Gasteiger partial charge in [0, 0.05) is 0 Å². The number of quaternary nitrogens is 1. The average molecular weight is 132 g/mol. The lowest BCUT2D eigenvalue weighted by molar-refractivity contribution is -1.02. The topological polar surface area (TPSA) is 62.6 Å². The molecule has 0 amide bonds. The molecular formula is C5H12N2O2. The molecule has 0 aromatic rings. The van der Waals surface area contributed by atoms with Crippen LogP contribution in [0, 0.1) is 0 Å². The Balaban J connectivity index is 0.000000640. The first-order chi connectivity index (χ1) is 3.77. The largest absolute Gasteiger partial charge is 0.870 e. The predicted octanol–water partition coefficient (Wildman–Crippen LogP) is 0.0774.